The highest BCUT2D eigenvalue weighted by Gasteiger charge is 2.33. The fraction of sp³-hybridized carbons (Fsp3) is 0.226. The normalized spacial score (nSPS) is 16.5. The highest BCUT2D eigenvalue weighted by Crippen LogP contribution is 2.53. The Kier molecular flexibility index (Phi) is 5.47. The molecule has 0 bridgehead atoms. The van der Waals surface area contributed by atoms with Gasteiger partial charge in [-0.3, -0.25) is 0 Å². The Labute approximate surface area is 206 Å². The molecule has 1 atom stereocenters. The molecule has 6 rings (SSSR count). The summed E-state index contributed by atoms with van der Waals surface area (Å²) in [5.41, 5.74) is 9.86. The zero-order chi connectivity index (χ0) is 23.2. The van der Waals surface area contributed by atoms with Gasteiger partial charge in [0.05, 0.1) is 0 Å². The quantitative estimate of drug-likeness (QED) is 0.299. The van der Waals surface area contributed by atoms with E-state index in [1.165, 1.54) is 59.7 Å². The molecule has 4 aromatic rings. The third-order valence-electron chi connectivity index (χ3n) is 7.09. The maximum Gasteiger partial charge on any atom is 0.0423 e. The average molecular weight is 463 g/mol. The molecule has 3 heteroatoms. The molecule has 34 heavy (non-hydrogen) atoms. The summed E-state index contributed by atoms with van der Waals surface area (Å²) >= 11 is 1.90. The van der Waals surface area contributed by atoms with E-state index in [0.29, 0.717) is 5.92 Å². The molecule has 0 radical (unpaired) electrons. The minimum absolute atomic E-state index is 0.467. The van der Waals surface area contributed by atoms with Crippen molar-refractivity contribution in [2.75, 3.05) is 32.5 Å². The number of rotatable bonds is 4. The summed E-state index contributed by atoms with van der Waals surface area (Å²) in [5.74, 6) is 0.467. The average Bonchev–Trinajstić information content (AvgIpc) is 3.17. The van der Waals surface area contributed by atoms with Gasteiger partial charge in [-0.25, -0.2) is 0 Å². The zero-order valence-electron chi connectivity index (χ0n) is 20.1. The van der Waals surface area contributed by atoms with Crippen molar-refractivity contribution >= 4 is 39.4 Å². The first kappa shape index (κ1) is 21.5. The molecule has 0 saturated carbocycles. The van der Waals surface area contributed by atoms with Crippen LogP contribution in [0.1, 0.15) is 29.2 Å². The lowest BCUT2D eigenvalue weighted by atomic mass is 9.85. The van der Waals surface area contributed by atoms with Crippen molar-refractivity contribution in [1.29, 1.82) is 0 Å². The molecule has 4 aromatic carbocycles. The van der Waals surface area contributed by atoms with E-state index >= 15 is 0 Å². The van der Waals surface area contributed by atoms with E-state index in [2.05, 4.69) is 110 Å². The van der Waals surface area contributed by atoms with E-state index in [4.69, 9.17) is 0 Å². The van der Waals surface area contributed by atoms with Gasteiger partial charge in [-0.15, -0.1) is 0 Å². The highest BCUT2D eigenvalue weighted by molar-refractivity contribution is 7.99. The number of nitrogens with zero attached hydrogens (tertiary/aromatic N) is 1. The topological polar surface area (TPSA) is 15.3 Å². The molecule has 1 heterocycles. The highest BCUT2D eigenvalue weighted by atomic mass is 32.2. The molecular weight excluding hydrogens is 432 g/mol. The van der Waals surface area contributed by atoms with Crippen molar-refractivity contribution in [3.8, 4) is 0 Å². The molecule has 170 valence electrons. The fourth-order valence-electron chi connectivity index (χ4n) is 5.60. The summed E-state index contributed by atoms with van der Waals surface area (Å²) < 4.78 is 0. The van der Waals surface area contributed by atoms with Gasteiger partial charge >= 0.3 is 0 Å². The van der Waals surface area contributed by atoms with E-state index in [0.717, 1.165) is 19.5 Å². The largest absolute Gasteiger partial charge is 0.383 e. The van der Waals surface area contributed by atoms with Gasteiger partial charge in [0.2, 0.25) is 0 Å². The third-order valence-corrected chi connectivity index (χ3v) is 8.24. The predicted octanol–water partition coefficient (Wildman–Crippen LogP) is 7.43. The summed E-state index contributed by atoms with van der Waals surface area (Å²) in [6, 6.07) is 29.2. The fourth-order valence-corrected chi connectivity index (χ4v) is 6.69. The minimum atomic E-state index is 0.467. The second-order valence-corrected chi connectivity index (χ2v) is 10.8. The van der Waals surface area contributed by atoms with Crippen LogP contribution in [0.2, 0.25) is 0 Å². The molecule has 0 fully saturated rings. The van der Waals surface area contributed by atoms with E-state index in [1.54, 1.807) is 0 Å². The van der Waals surface area contributed by atoms with E-state index in [-0.39, 0.29) is 0 Å². The molecule has 2 nitrogen and oxygen atoms in total. The van der Waals surface area contributed by atoms with Crippen molar-refractivity contribution in [3.05, 3.63) is 101 Å². The van der Waals surface area contributed by atoms with Gasteiger partial charge in [0, 0.05) is 34.0 Å². The van der Waals surface area contributed by atoms with Crippen molar-refractivity contribution in [2.24, 2.45) is 5.92 Å². The first-order chi connectivity index (χ1) is 16.6. The monoisotopic (exact) mass is 462 g/mol. The molecule has 2 aliphatic rings. The van der Waals surface area contributed by atoms with Crippen LogP contribution in [0.3, 0.4) is 0 Å². The minimum Gasteiger partial charge on any atom is -0.383 e. The Bertz CT molecular complexity index is 1390. The molecule has 0 spiro atoms. The molecule has 1 aliphatic carbocycles. The Morgan fingerprint density at radius 3 is 2.15 bits per heavy atom. The first-order valence-electron chi connectivity index (χ1n) is 12.2. The van der Waals surface area contributed by atoms with Crippen LogP contribution in [0.15, 0.2) is 88.7 Å². The van der Waals surface area contributed by atoms with Gasteiger partial charge in [0.15, 0.2) is 0 Å². The smallest absolute Gasteiger partial charge is 0.0423 e. The van der Waals surface area contributed by atoms with Crippen LogP contribution >= 0.6 is 11.8 Å². The van der Waals surface area contributed by atoms with Crippen LogP contribution in [-0.2, 0) is 6.42 Å². The summed E-state index contributed by atoms with van der Waals surface area (Å²) in [5, 5.41) is 6.41. The molecule has 0 saturated heterocycles. The number of allylic oxidation sites excluding steroid dienone is 1. The van der Waals surface area contributed by atoms with Crippen molar-refractivity contribution in [2.45, 2.75) is 23.1 Å². The van der Waals surface area contributed by atoms with Crippen molar-refractivity contribution in [1.82, 2.24) is 4.90 Å². The van der Waals surface area contributed by atoms with Gasteiger partial charge in [0.1, 0.15) is 0 Å². The number of nitrogens with one attached hydrogen (secondary N) is 1. The molecule has 1 N–H and O–H groups in total. The molecule has 0 amide bonds. The molecule has 1 aliphatic heterocycles. The molecular formula is C31H30N2S. The van der Waals surface area contributed by atoms with Crippen LogP contribution < -0.4 is 5.32 Å². The standard InChI is InChI=1S/C31H30N2S/c1-20-18-21-19-26(32-16-17-33(2)3)22-10-4-5-11-23(22)30(21)29(20)31-24-12-6-8-14-27(24)34-28-15-9-7-13-25(28)31/h4-15,19-20,32H,16-18H2,1-3H3. The number of likely N-dealkylation sites (N-methyl/N-ethyl adjacent to an activating group) is 1. The van der Waals surface area contributed by atoms with Crippen LogP contribution in [0, 0.1) is 5.92 Å². The number of fused-ring (bicyclic) bond motifs is 5. The van der Waals surface area contributed by atoms with E-state index in [1.807, 2.05) is 11.8 Å². The van der Waals surface area contributed by atoms with Crippen LogP contribution in [0.25, 0.3) is 21.9 Å². The summed E-state index contributed by atoms with van der Waals surface area (Å²) in [6.45, 7) is 4.36. The maximum absolute atomic E-state index is 3.73. The summed E-state index contributed by atoms with van der Waals surface area (Å²) in [7, 11) is 4.25. The maximum atomic E-state index is 3.73. The van der Waals surface area contributed by atoms with Crippen LogP contribution in [-0.4, -0.2) is 32.1 Å². The molecule has 0 aromatic heterocycles. The lowest BCUT2D eigenvalue weighted by Crippen LogP contribution is -2.20. The van der Waals surface area contributed by atoms with Gasteiger partial charge in [-0.05, 0) is 83.4 Å². The number of hydrogen-bond donors (Lipinski definition) is 1. The summed E-state index contributed by atoms with van der Waals surface area (Å²) in [6.07, 6.45) is 1.08. The lowest BCUT2D eigenvalue weighted by Gasteiger charge is -2.26. The Hall–Kier alpha value is -3.01. The Morgan fingerprint density at radius 2 is 1.47 bits per heavy atom. The predicted molar refractivity (Wildman–Crippen MR) is 147 cm³/mol. The lowest BCUT2D eigenvalue weighted by molar-refractivity contribution is 0.425. The van der Waals surface area contributed by atoms with Crippen molar-refractivity contribution in [3.63, 3.8) is 0 Å². The van der Waals surface area contributed by atoms with Gasteiger partial charge < -0.3 is 10.2 Å². The van der Waals surface area contributed by atoms with Gasteiger partial charge in [-0.2, -0.15) is 0 Å². The SMILES string of the molecule is CC1Cc2cc(NCCN(C)C)c3ccccc3c2C1=C1c2ccccc2Sc2ccccc21. The summed E-state index contributed by atoms with van der Waals surface area (Å²) in [4.78, 5) is 4.94. The second-order valence-electron chi connectivity index (χ2n) is 9.72. The molecule has 1 unspecified atom stereocenters. The van der Waals surface area contributed by atoms with Crippen molar-refractivity contribution < 1.29 is 0 Å². The van der Waals surface area contributed by atoms with Crippen LogP contribution in [0.5, 0.6) is 0 Å². The number of anilines is 1. The van der Waals surface area contributed by atoms with Crippen LogP contribution in [0.4, 0.5) is 5.69 Å². The van der Waals surface area contributed by atoms with Gasteiger partial charge in [0.25, 0.3) is 0 Å². The third kappa shape index (κ3) is 3.55. The van der Waals surface area contributed by atoms with E-state index < -0.39 is 0 Å². The van der Waals surface area contributed by atoms with E-state index in [9.17, 15) is 0 Å². The number of hydrogen-bond acceptors (Lipinski definition) is 3. The Morgan fingerprint density at radius 1 is 0.853 bits per heavy atom. The Balaban J connectivity index is 1.61. The second kappa shape index (κ2) is 8.65. The first-order valence-corrected chi connectivity index (χ1v) is 13.0. The van der Waals surface area contributed by atoms with Gasteiger partial charge in [-0.1, -0.05) is 79.3 Å². The zero-order valence-corrected chi connectivity index (χ0v) is 20.9. The number of benzene rings is 4.